The van der Waals surface area contributed by atoms with E-state index in [2.05, 4.69) is 17.6 Å². The Hall–Kier alpha value is -0.610. The van der Waals surface area contributed by atoms with Crippen LogP contribution in [0.2, 0.25) is 0 Å². The lowest BCUT2D eigenvalue weighted by Crippen LogP contribution is -2.50. The van der Waals surface area contributed by atoms with Gasteiger partial charge in [0.15, 0.2) is 0 Å². The zero-order valence-electron chi connectivity index (χ0n) is 10.8. The first-order valence-corrected chi connectivity index (χ1v) is 6.80. The number of carbonyl (C=O) groups is 1. The van der Waals surface area contributed by atoms with Crippen LogP contribution in [-0.2, 0) is 9.53 Å². The molecule has 1 aliphatic heterocycles. The number of hydrogen-bond donors (Lipinski definition) is 2. The van der Waals surface area contributed by atoms with Gasteiger partial charge < -0.3 is 15.4 Å². The Morgan fingerprint density at radius 2 is 2.18 bits per heavy atom. The van der Waals surface area contributed by atoms with Crippen LogP contribution in [0.25, 0.3) is 0 Å². The number of morpholine rings is 1. The molecule has 1 heterocycles. The lowest BCUT2D eigenvalue weighted by molar-refractivity contribution is -0.132. The average Bonchev–Trinajstić information content (AvgIpc) is 2.38. The summed E-state index contributed by atoms with van der Waals surface area (Å²) in [5.74, 6) is 0.226. The second kappa shape index (κ2) is 5.83. The van der Waals surface area contributed by atoms with Crippen LogP contribution in [0, 0.1) is 5.41 Å². The predicted octanol–water partition coefficient (Wildman–Crippen LogP) is 1.06. The van der Waals surface area contributed by atoms with Crippen molar-refractivity contribution in [2.45, 2.75) is 45.1 Å². The first-order valence-electron chi connectivity index (χ1n) is 6.80. The van der Waals surface area contributed by atoms with E-state index in [1.165, 1.54) is 19.3 Å². The van der Waals surface area contributed by atoms with Crippen molar-refractivity contribution in [3.8, 4) is 0 Å². The number of hydrogen-bond acceptors (Lipinski definition) is 3. The van der Waals surface area contributed by atoms with Gasteiger partial charge in [0, 0.05) is 24.5 Å². The van der Waals surface area contributed by atoms with Crippen molar-refractivity contribution in [2.24, 2.45) is 5.41 Å². The molecule has 1 amide bonds. The first-order chi connectivity index (χ1) is 8.21. The number of carbonyl (C=O) groups excluding carboxylic acids is 1. The summed E-state index contributed by atoms with van der Waals surface area (Å²) < 4.78 is 5.37. The largest absolute Gasteiger partial charge is 0.378 e. The number of nitrogens with one attached hydrogen (secondary N) is 2. The molecule has 0 radical (unpaired) electrons. The van der Waals surface area contributed by atoms with Crippen LogP contribution in [-0.4, -0.2) is 38.3 Å². The van der Waals surface area contributed by atoms with E-state index in [0.29, 0.717) is 13.2 Å². The molecule has 0 spiro atoms. The molecule has 0 bridgehead atoms. The van der Waals surface area contributed by atoms with Gasteiger partial charge in [0.1, 0.15) is 0 Å². The topological polar surface area (TPSA) is 50.4 Å². The lowest BCUT2D eigenvalue weighted by Gasteiger charge is -2.33. The van der Waals surface area contributed by atoms with Gasteiger partial charge in [-0.1, -0.05) is 26.2 Å². The second-order valence-corrected chi connectivity index (χ2v) is 5.56. The van der Waals surface area contributed by atoms with Gasteiger partial charge in [-0.3, -0.25) is 4.79 Å². The summed E-state index contributed by atoms with van der Waals surface area (Å²) in [7, 11) is 0. The van der Waals surface area contributed by atoms with Crippen LogP contribution >= 0.6 is 0 Å². The van der Waals surface area contributed by atoms with Crippen molar-refractivity contribution in [3.63, 3.8) is 0 Å². The third-order valence-corrected chi connectivity index (χ3v) is 4.01. The van der Waals surface area contributed by atoms with Gasteiger partial charge in [-0.05, 0) is 12.8 Å². The van der Waals surface area contributed by atoms with E-state index < -0.39 is 0 Å². The van der Waals surface area contributed by atoms with Crippen molar-refractivity contribution >= 4 is 5.91 Å². The van der Waals surface area contributed by atoms with Gasteiger partial charge in [0.25, 0.3) is 0 Å². The first kappa shape index (κ1) is 12.8. The fourth-order valence-corrected chi connectivity index (χ4v) is 2.74. The highest BCUT2D eigenvalue weighted by atomic mass is 16.5. The Balaban J connectivity index is 1.75. The normalized spacial score (nSPS) is 28.6. The van der Waals surface area contributed by atoms with Gasteiger partial charge in [0.2, 0.25) is 5.91 Å². The maximum absolute atomic E-state index is 12.2. The van der Waals surface area contributed by atoms with Gasteiger partial charge in [-0.2, -0.15) is 0 Å². The van der Waals surface area contributed by atoms with Crippen LogP contribution in [0.4, 0.5) is 0 Å². The molecular weight excluding hydrogens is 216 g/mol. The molecule has 17 heavy (non-hydrogen) atoms. The molecular formula is C13H24N2O2. The van der Waals surface area contributed by atoms with E-state index in [4.69, 9.17) is 4.74 Å². The molecule has 98 valence electrons. The van der Waals surface area contributed by atoms with E-state index >= 15 is 0 Å². The van der Waals surface area contributed by atoms with E-state index in [1.54, 1.807) is 0 Å². The van der Waals surface area contributed by atoms with E-state index in [0.717, 1.165) is 26.0 Å². The minimum atomic E-state index is -0.131. The molecule has 1 saturated heterocycles. The highest BCUT2D eigenvalue weighted by Gasteiger charge is 2.34. The molecule has 1 atom stereocenters. The van der Waals surface area contributed by atoms with E-state index in [-0.39, 0.29) is 17.4 Å². The molecule has 1 aliphatic carbocycles. The van der Waals surface area contributed by atoms with Crippen LogP contribution < -0.4 is 10.6 Å². The standard InChI is InChI=1S/C13H24N2O2/c1-13(5-3-2-4-6-13)12(16)15-9-11-10-17-8-7-14-11/h11,14H,2-10H2,1H3,(H,15,16). The SMILES string of the molecule is CC1(C(=O)NCC2COCCN2)CCCCC1. The summed E-state index contributed by atoms with van der Waals surface area (Å²) in [5.41, 5.74) is -0.131. The van der Waals surface area contributed by atoms with Crippen LogP contribution in [0.3, 0.4) is 0 Å². The molecule has 2 aliphatic rings. The highest BCUT2D eigenvalue weighted by Crippen LogP contribution is 2.35. The van der Waals surface area contributed by atoms with Gasteiger partial charge in [-0.25, -0.2) is 0 Å². The lowest BCUT2D eigenvalue weighted by atomic mass is 9.75. The van der Waals surface area contributed by atoms with E-state index in [1.807, 2.05) is 0 Å². The maximum Gasteiger partial charge on any atom is 0.225 e. The smallest absolute Gasteiger partial charge is 0.225 e. The van der Waals surface area contributed by atoms with Crippen molar-refractivity contribution in [1.29, 1.82) is 0 Å². The summed E-state index contributed by atoms with van der Waals surface area (Å²) in [6.07, 6.45) is 5.73. The third kappa shape index (κ3) is 3.42. The minimum absolute atomic E-state index is 0.131. The van der Waals surface area contributed by atoms with Crippen molar-refractivity contribution < 1.29 is 9.53 Å². The number of amides is 1. The molecule has 2 rings (SSSR count). The third-order valence-electron chi connectivity index (χ3n) is 4.01. The fraction of sp³-hybridized carbons (Fsp3) is 0.923. The minimum Gasteiger partial charge on any atom is -0.378 e. The zero-order chi connectivity index (χ0) is 12.1. The summed E-state index contributed by atoms with van der Waals surface area (Å²) in [4.78, 5) is 12.2. The van der Waals surface area contributed by atoms with Crippen LogP contribution in [0.5, 0.6) is 0 Å². The number of rotatable bonds is 3. The second-order valence-electron chi connectivity index (χ2n) is 5.56. The molecule has 1 saturated carbocycles. The quantitative estimate of drug-likeness (QED) is 0.775. The summed E-state index contributed by atoms with van der Waals surface area (Å²) >= 11 is 0. The Morgan fingerprint density at radius 3 is 2.82 bits per heavy atom. The molecule has 0 aromatic rings. The molecule has 1 unspecified atom stereocenters. The fourth-order valence-electron chi connectivity index (χ4n) is 2.74. The Kier molecular flexibility index (Phi) is 4.40. The van der Waals surface area contributed by atoms with Crippen molar-refractivity contribution in [1.82, 2.24) is 10.6 Å². The van der Waals surface area contributed by atoms with E-state index in [9.17, 15) is 4.79 Å². The predicted molar refractivity (Wildman–Crippen MR) is 66.8 cm³/mol. The number of ether oxygens (including phenoxy) is 1. The summed E-state index contributed by atoms with van der Waals surface area (Å²) in [6, 6.07) is 0.278. The Bertz CT molecular complexity index is 256. The zero-order valence-corrected chi connectivity index (χ0v) is 10.8. The molecule has 2 N–H and O–H groups in total. The van der Waals surface area contributed by atoms with Crippen molar-refractivity contribution in [3.05, 3.63) is 0 Å². The summed E-state index contributed by atoms with van der Waals surface area (Å²) in [5, 5.41) is 6.43. The molecule has 4 nitrogen and oxygen atoms in total. The van der Waals surface area contributed by atoms with Crippen LogP contribution in [0.1, 0.15) is 39.0 Å². The van der Waals surface area contributed by atoms with Gasteiger partial charge in [-0.15, -0.1) is 0 Å². The maximum atomic E-state index is 12.2. The molecule has 0 aromatic carbocycles. The van der Waals surface area contributed by atoms with Crippen molar-refractivity contribution in [2.75, 3.05) is 26.3 Å². The average molecular weight is 240 g/mol. The summed E-state index contributed by atoms with van der Waals surface area (Å²) in [6.45, 7) is 5.16. The highest BCUT2D eigenvalue weighted by molar-refractivity contribution is 5.82. The molecule has 4 heteroatoms. The molecule has 2 fully saturated rings. The van der Waals surface area contributed by atoms with Crippen LogP contribution in [0.15, 0.2) is 0 Å². The Morgan fingerprint density at radius 1 is 1.41 bits per heavy atom. The monoisotopic (exact) mass is 240 g/mol. The van der Waals surface area contributed by atoms with Gasteiger partial charge in [0.05, 0.1) is 13.2 Å². The molecule has 0 aromatic heterocycles. The van der Waals surface area contributed by atoms with Gasteiger partial charge >= 0.3 is 0 Å². The Labute approximate surface area is 103 Å².